The van der Waals surface area contributed by atoms with Crippen LogP contribution in [0.2, 0.25) is 0 Å². The Morgan fingerprint density at radius 3 is 3.00 bits per heavy atom. The van der Waals surface area contributed by atoms with Crippen LogP contribution in [0.3, 0.4) is 0 Å². The van der Waals surface area contributed by atoms with Gasteiger partial charge in [0.05, 0.1) is 13.7 Å². The van der Waals surface area contributed by atoms with Gasteiger partial charge < -0.3 is 15.2 Å². The second kappa shape index (κ2) is 6.73. The van der Waals surface area contributed by atoms with E-state index in [2.05, 4.69) is 4.90 Å². The van der Waals surface area contributed by atoms with E-state index in [1.807, 2.05) is 24.3 Å². The molecule has 1 aliphatic rings. The summed E-state index contributed by atoms with van der Waals surface area (Å²) < 4.78 is 10.8. The van der Waals surface area contributed by atoms with Crippen LogP contribution in [0.5, 0.6) is 5.75 Å². The molecule has 1 aromatic rings. The molecule has 18 heavy (non-hydrogen) atoms. The molecule has 2 rings (SSSR count). The van der Waals surface area contributed by atoms with Crippen LogP contribution in [-0.4, -0.2) is 44.9 Å². The first-order valence-electron chi connectivity index (χ1n) is 6.50. The number of benzene rings is 1. The lowest BCUT2D eigenvalue weighted by Gasteiger charge is -2.24. The summed E-state index contributed by atoms with van der Waals surface area (Å²) in [5, 5.41) is 0. The van der Waals surface area contributed by atoms with Crippen molar-refractivity contribution in [1.82, 2.24) is 4.90 Å². The summed E-state index contributed by atoms with van der Waals surface area (Å²) in [6.07, 6.45) is 1.08. The van der Waals surface area contributed by atoms with Crippen molar-refractivity contribution in [3.05, 3.63) is 29.8 Å². The fourth-order valence-electron chi connectivity index (χ4n) is 2.33. The fraction of sp³-hybridized carbons (Fsp3) is 0.571. The van der Waals surface area contributed by atoms with Gasteiger partial charge in [0, 0.05) is 37.8 Å². The average molecular weight is 250 g/mol. The Morgan fingerprint density at radius 1 is 1.33 bits per heavy atom. The molecule has 0 aliphatic carbocycles. The molecule has 100 valence electrons. The van der Waals surface area contributed by atoms with E-state index in [4.69, 9.17) is 15.2 Å². The number of nitrogens with zero attached hydrogens (tertiary/aromatic N) is 1. The zero-order valence-electron chi connectivity index (χ0n) is 11.0. The van der Waals surface area contributed by atoms with Crippen molar-refractivity contribution >= 4 is 0 Å². The molecule has 1 aromatic carbocycles. The van der Waals surface area contributed by atoms with Crippen molar-refractivity contribution in [2.24, 2.45) is 5.73 Å². The van der Waals surface area contributed by atoms with Gasteiger partial charge in [-0.1, -0.05) is 18.2 Å². The van der Waals surface area contributed by atoms with E-state index < -0.39 is 0 Å². The molecule has 1 atom stereocenters. The van der Waals surface area contributed by atoms with Gasteiger partial charge in [-0.3, -0.25) is 4.90 Å². The number of hydrogen-bond acceptors (Lipinski definition) is 4. The van der Waals surface area contributed by atoms with E-state index in [9.17, 15) is 0 Å². The van der Waals surface area contributed by atoms with Crippen molar-refractivity contribution in [2.45, 2.75) is 12.5 Å². The van der Waals surface area contributed by atoms with Crippen LogP contribution in [0.1, 0.15) is 18.0 Å². The fourth-order valence-corrected chi connectivity index (χ4v) is 2.33. The molecule has 0 aromatic heterocycles. The predicted octanol–water partition coefficient (Wildman–Crippen LogP) is 1.42. The number of methoxy groups -OCH3 is 1. The Morgan fingerprint density at radius 2 is 2.17 bits per heavy atom. The Balaban J connectivity index is 1.99. The number of para-hydroxylation sites is 1. The molecular weight excluding hydrogens is 228 g/mol. The molecule has 0 bridgehead atoms. The molecule has 1 heterocycles. The second-order valence-electron chi connectivity index (χ2n) is 4.61. The standard InChI is InChI=1S/C14H22N2O2/c1-17-14-6-3-2-5-12(14)13(15)11-16-7-4-9-18-10-8-16/h2-3,5-6,13H,4,7-11,15H2,1H3. The highest BCUT2D eigenvalue weighted by atomic mass is 16.5. The van der Waals surface area contributed by atoms with Crippen molar-refractivity contribution < 1.29 is 9.47 Å². The molecule has 1 fully saturated rings. The van der Waals surface area contributed by atoms with Gasteiger partial charge in [0.15, 0.2) is 0 Å². The van der Waals surface area contributed by atoms with Crippen LogP contribution in [0.25, 0.3) is 0 Å². The lowest BCUT2D eigenvalue weighted by molar-refractivity contribution is 0.140. The predicted molar refractivity (Wildman–Crippen MR) is 71.8 cm³/mol. The van der Waals surface area contributed by atoms with Gasteiger partial charge in [0.2, 0.25) is 0 Å². The van der Waals surface area contributed by atoms with E-state index in [1.165, 1.54) is 0 Å². The molecule has 0 amide bonds. The topological polar surface area (TPSA) is 47.7 Å². The van der Waals surface area contributed by atoms with Crippen LogP contribution in [0.15, 0.2) is 24.3 Å². The molecule has 0 radical (unpaired) electrons. The maximum atomic E-state index is 6.29. The van der Waals surface area contributed by atoms with Crippen molar-refractivity contribution in [1.29, 1.82) is 0 Å². The lowest BCUT2D eigenvalue weighted by Crippen LogP contribution is -2.34. The Labute approximate surface area is 109 Å². The summed E-state index contributed by atoms with van der Waals surface area (Å²) in [5.74, 6) is 0.871. The smallest absolute Gasteiger partial charge is 0.123 e. The third-order valence-corrected chi connectivity index (χ3v) is 3.31. The number of rotatable bonds is 4. The molecule has 1 aliphatic heterocycles. The minimum atomic E-state index is -0.0146. The Kier molecular flexibility index (Phi) is 4.99. The summed E-state index contributed by atoms with van der Waals surface area (Å²) in [6, 6.07) is 7.95. The molecule has 2 N–H and O–H groups in total. The van der Waals surface area contributed by atoms with Gasteiger partial charge >= 0.3 is 0 Å². The third kappa shape index (κ3) is 3.45. The molecule has 1 saturated heterocycles. The first-order chi connectivity index (χ1) is 8.81. The average Bonchev–Trinajstić information content (AvgIpc) is 2.67. The van der Waals surface area contributed by atoms with Crippen LogP contribution < -0.4 is 10.5 Å². The minimum Gasteiger partial charge on any atom is -0.496 e. The largest absolute Gasteiger partial charge is 0.496 e. The first kappa shape index (κ1) is 13.3. The minimum absolute atomic E-state index is 0.0146. The van der Waals surface area contributed by atoms with Crippen molar-refractivity contribution in [3.8, 4) is 5.75 Å². The highest BCUT2D eigenvalue weighted by molar-refractivity contribution is 5.35. The normalized spacial score (nSPS) is 19.2. The Hall–Kier alpha value is -1.10. The Bertz CT molecular complexity index is 363. The van der Waals surface area contributed by atoms with Gasteiger partial charge in [0.25, 0.3) is 0 Å². The van der Waals surface area contributed by atoms with Crippen molar-refractivity contribution in [2.75, 3.05) is 40.0 Å². The maximum Gasteiger partial charge on any atom is 0.123 e. The summed E-state index contributed by atoms with van der Waals surface area (Å²) >= 11 is 0. The number of ether oxygens (including phenoxy) is 2. The highest BCUT2D eigenvalue weighted by Gasteiger charge is 2.16. The molecule has 4 heteroatoms. The summed E-state index contributed by atoms with van der Waals surface area (Å²) in [4.78, 5) is 2.37. The molecule has 0 spiro atoms. The summed E-state index contributed by atoms with van der Waals surface area (Å²) in [5.41, 5.74) is 7.36. The first-order valence-corrected chi connectivity index (χ1v) is 6.50. The van der Waals surface area contributed by atoms with Gasteiger partial charge in [-0.2, -0.15) is 0 Å². The second-order valence-corrected chi connectivity index (χ2v) is 4.61. The van der Waals surface area contributed by atoms with Gasteiger partial charge in [0.1, 0.15) is 5.75 Å². The summed E-state index contributed by atoms with van der Waals surface area (Å²) in [7, 11) is 1.69. The van der Waals surface area contributed by atoms with E-state index in [-0.39, 0.29) is 6.04 Å². The highest BCUT2D eigenvalue weighted by Crippen LogP contribution is 2.23. The number of hydrogen-bond donors (Lipinski definition) is 1. The van der Waals surface area contributed by atoms with Crippen LogP contribution in [0.4, 0.5) is 0 Å². The maximum absolute atomic E-state index is 6.29. The number of nitrogens with two attached hydrogens (primary N) is 1. The van der Waals surface area contributed by atoms with Crippen LogP contribution in [0, 0.1) is 0 Å². The molecular formula is C14H22N2O2. The molecule has 0 saturated carbocycles. The monoisotopic (exact) mass is 250 g/mol. The molecule has 1 unspecified atom stereocenters. The SMILES string of the molecule is COc1ccccc1C(N)CN1CCCOCC1. The quantitative estimate of drug-likeness (QED) is 0.878. The van der Waals surface area contributed by atoms with E-state index >= 15 is 0 Å². The summed E-state index contributed by atoms with van der Waals surface area (Å²) in [6.45, 7) is 4.54. The lowest BCUT2D eigenvalue weighted by atomic mass is 10.1. The zero-order valence-corrected chi connectivity index (χ0v) is 11.0. The van der Waals surface area contributed by atoms with E-state index in [0.717, 1.165) is 50.6 Å². The van der Waals surface area contributed by atoms with E-state index in [1.54, 1.807) is 7.11 Å². The third-order valence-electron chi connectivity index (χ3n) is 3.31. The zero-order chi connectivity index (χ0) is 12.8. The molecule has 4 nitrogen and oxygen atoms in total. The van der Waals surface area contributed by atoms with Gasteiger partial charge in [-0.05, 0) is 12.5 Å². The van der Waals surface area contributed by atoms with Crippen molar-refractivity contribution in [3.63, 3.8) is 0 Å². The van der Waals surface area contributed by atoms with Crippen LogP contribution >= 0.6 is 0 Å². The van der Waals surface area contributed by atoms with Gasteiger partial charge in [-0.25, -0.2) is 0 Å². The van der Waals surface area contributed by atoms with Crippen LogP contribution in [-0.2, 0) is 4.74 Å². The van der Waals surface area contributed by atoms with E-state index in [0.29, 0.717) is 0 Å². The van der Waals surface area contributed by atoms with Gasteiger partial charge in [-0.15, -0.1) is 0 Å².